The number of nitrogen functional groups attached to an aromatic ring is 1. The second kappa shape index (κ2) is 4.93. The molecule has 2 saturated carbocycles. The molecule has 0 saturated heterocycles. The summed E-state index contributed by atoms with van der Waals surface area (Å²) >= 11 is 0. The number of nitrogens with two attached hydrogens (primary N) is 1. The zero-order valence-electron chi connectivity index (χ0n) is 11.4. The molecule has 18 heavy (non-hydrogen) atoms. The van der Waals surface area contributed by atoms with E-state index in [1.54, 1.807) is 0 Å². The Hall–Kier alpha value is -1.02. The molecule has 1 aromatic rings. The van der Waals surface area contributed by atoms with Gasteiger partial charge in [0, 0.05) is 25.3 Å². The van der Waals surface area contributed by atoms with Crippen molar-refractivity contribution < 1.29 is 0 Å². The number of rotatable bonds is 6. The zero-order valence-corrected chi connectivity index (χ0v) is 11.4. The summed E-state index contributed by atoms with van der Waals surface area (Å²) in [6.45, 7) is 5.82. The maximum atomic E-state index is 5.89. The normalized spacial score (nSPS) is 19.4. The van der Waals surface area contributed by atoms with Crippen molar-refractivity contribution in [2.75, 3.05) is 18.8 Å². The van der Waals surface area contributed by atoms with Crippen LogP contribution in [0.2, 0.25) is 0 Å². The molecule has 2 N–H and O–H groups in total. The van der Waals surface area contributed by atoms with E-state index < -0.39 is 0 Å². The van der Waals surface area contributed by atoms with Gasteiger partial charge in [-0.1, -0.05) is 12.1 Å². The average molecular weight is 244 g/mol. The SMILES string of the molecule is Cc1cc(CN(CC2CC2)CC2CC2)ccc1N. The molecule has 98 valence electrons. The number of hydrogen-bond acceptors (Lipinski definition) is 2. The number of nitrogens with zero attached hydrogens (tertiary/aromatic N) is 1. The van der Waals surface area contributed by atoms with E-state index in [0.29, 0.717) is 0 Å². The van der Waals surface area contributed by atoms with Crippen molar-refractivity contribution in [2.45, 2.75) is 39.2 Å². The predicted molar refractivity (Wildman–Crippen MR) is 76.3 cm³/mol. The third kappa shape index (κ3) is 3.26. The van der Waals surface area contributed by atoms with Crippen LogP contribution in [0.15, 0.2) is 18.2 Å². The lowest BCUT2D eigenvalue weighted by Gasteiger charge is -2.22. The summed E-state index contributed by atoms with van der Waals surface area (Å²) in [5.74, 6) is 1.97. The van der Waals surface area contributed by atoms with E-state index in [9.17, 15) is 0 Å². The molecule has 3 rings (SSSR count). The number of anilines is 1. The average Bonchev–Trinajstić information content (AvgIpc) is 3.19. The summed E-state index contributed by atoms with van der Waals surface area (Å²) in [6.07, 6.45) is 5.79. The van der Waals surface area contributed by atoms with E-state index in [4.69, 9.17) is 5.73 Å². The summed E-state index contributed by atoms with van der Waals surface area (Å²) < 4.78 is 0. The van der Waals surface area contributed by atoms with Crippen molar-refractivity contribution in [3.63, 3.8) is 0 Å². The summed E-state index contributed by atoms with van der Waals surface area (Å²) in [4.78, 5) is 2.67. The van der Waals surface area contributed by atoms with Crippen molar-refractivity contribution in [1.29, 1.82) is 0 Å². The predicted octanol–water partition coefficient (Wildman–Crippen LogP) is 3.20. The quantitative estimate of drug-likeness (QED) is 0.779. The zero-order chi connectivity index (χ0) is 12.5. The smallest absolute Gasteiger partial charge is 0.0343 e. The lowest BCUT2D eigenvalue weighted by Crippen LogP contribution is -2.27. The van der Waals surface area contributed by atoms with Crippen LogP contribution < -0.4 is 5.73 Å². The third-order valence-electron chi connectivity index (χ3n) is 4.17. The van der Waals surface area contributed by atoms with Gasteiger partial charge in [-0.05, 0) is 61.6 Å². The minimum Gasteiger partial charge on any atom is -0.399 e. The molecule has 2 heteroatoms. The van der Waals surface area contributed by atoms with Crippen molar-refractivity contribution in [1.82, 2.24) is 4.90 Å². The molecule has 0 unspecified atom stereocenters. The highest BCUT2D eigenvalue weighted by molar-refractivity contribution is 5.47. The number of benzene rings is 1. The monoisotopic (exact) mass is 244 g/mol. The maximum Gasteiger partial charge on any atom is 0.0343 e. The van der Waals surface area contributed by atoms with Gasteiger partial charge in [-0.25, -0.2) is 0 Å². The highest BCUT2D eigenvalue weighted by atomic mass is 15.1. The molecule has 2 nitrogen and oxygen atoms in total. The van der Waals surface area contributed by atoms with E-state index in [-0.39, 0.29) is 0 Å². The van der Waals surface area contributed by atoms with Crippen LogP contribution in [0.25, 0.3) is 0 Å². The summed E-state index contributed by atoms with van der Waals surface area (Å²) in [7, 11) is 0. The van der Waals surface area contributed by atoms with Gasteiger partial charge in [0.2, 0.25) is 0 Å². The van der Waals surface area contributed by atoms with Crippen LogP contribution in [-0.2, 0) is 6.54 Å². The summed E-state index contributed by atoms with van der Waals surface area (Å²) in [6, 6.07) is 6.49. The molecule has 0 spiro atoms. The molecule has 0 aromatic heterocycles. The first-order chi connectivity index (χ1) is 8.70. The van der Waals surface area contributed by atoms with Gasteiger partial charge in [-0.15, -0.1) is 0 Å². The van der Waals surface area contributed by atoms with Gasteiger partial charge >= 0.3 is 0 Å². The van der Waals surface area contributed by atoms with Crippen LogP contribution in [0.4, 0.5) is 5.69 Å². The fraction of sp³-hybridized carbons (Fsp3) is 0.625. The lowest BCUT2D eigenvalue weighted by atomic mass is 10.1. The minimum absolute atomic E-state index is 0.912. The second-order valence-corrected chi connectivity index (χ2v) is 6.27. The number of hydrogen-bond donors (Lipinski definition) is 1. The molecule has 0 heterocycles. The Bertz CT molecular complexity index is 405. The molecule has 0 bridgehead atoms. The van der Waals surface area contributed by atoms with E-state index in [2.05, 4.69) is 30.0 Å². The van der Waals surface area contributed by atoms with Gasteiger partial charge < -0.3 is 5.73 Å². The van der Waals surface area contributed by atoms with Gasteiger partial charge in [0.05, 0.1) is 0 Å². The van der Waals surface area contributed by atoms with Crippen LogP contribution >= 0.6 is 0 Å². The second-order valence-electron chi connectivity index (χ2n) is 6.27. The Morgan fingerprint density at radius 1 is 1.11 bits per heavy atom. The first kappa shape index (κ1) is 12.0. The van der Waals surface area contributed by atoms with Crippen LogP contribution in [0.1, 0.15) is 36.8 Å². The molecule has 2 aliphatic carbocycles. The highest BCUT2D eigenvalue weighted by Gasteiger charge is 2.29. The van der Waals surface area contributed by atoms with Crippen molar-refractivity contribution in [2.24, 2.45) is 11.8 Å². The van der Waals surface area contributed by atoms with Crippen LogP contribution in [-0.4, -0.2) is 18.0 Å². The topological polar surface area (TPSA) is 29.3 Å². The molecular formula is C16H24N2. The standard InChI is InChI=1S/C16H24N2/c1-12-8-15(6-7-16(12)17)11-18(9-13-2-3-13)10-14-4-5-14/h6-8,13-14H,2-5,9-11,17H2,1H3. The van der Waals surface area contributed by atoms with Gasteiger partial charge in [-0.2, -0.15) is 0 Å². The van der Waals surface area contributed by atoms with E-state index in [0.717, 1.165) is 24.1 Å². The first-order valence-electron chi connectivity index (χ1n) is 7.28. The summed E-state index contributed by atoms with van der Waals surface area (Å²) in [5.41, 5.74) is 9.43. The van der Waals surface area contributed by atoms with Crippen LogP contribution in [0, 0.1) is 18.8 Å². The van der Waals surface area contributed by atoms with E-state index in [1.807, 2.05) is 0 Å². The molecular weight excluding hydrogens is 220 g/mol. The minimum atomic E-state index is 0.912. The largest absolute Gasteiger partial charge is 0.399 e. The third-order valence-corrected chi connectivity index (χ3v) is 4.17. The van der Waals surface area contributed by atoms with Gasteiger partial charge in [-0.3, -0.25) is 4.90 Å². The molecule has 1 aromatic carbocycles. The molecule has 2 aliphatic rings. The van der Waals surface area contributed by atoms with Gasteiger partial charge in [0.15, 0.2) is 0 Å². The Labute approximate surface area is 110 Å². The Morgan fingerprint density at radius 2 is 1.72 bits per heavy atom. The molecule has 2 fully saturated rings. The lowest BCUT2D eigenvalue weighted by molar-refractivity contribution is 0.244. The van der Waals surface area contributed by atoms with Crippen molar-refractivity contribution >= 4 is 5.69 Å². The fourth-order valence-electron chi connectivity index (χ4n) is 2.63. The van der Waals surface area contributed by atoms with Crippen molar-refractivity contribution in [3.05, 3.63) is 29.3 Å². The molecule has 0 amide bonds. The number of aryl methyl sites for hydroxylation is 1. The van der Waals surface area contributed by atoms with E-state index >= 15 is 0 Å². The van der Waals surface area contributed by atoms with Gasteiger partial charge in [0.25, 0.3) is 0 Å². The maximum absolute atomic E-state index is 5.89. The molecule has 0 atom stereocenters. The Morgan fingerprint density at radius 3 is 2.22 bits per heavy atom. The Kier molecular flexibility index (Phi) is 3.29. The van der Waals surface area contributed by atoms with Gasteiger partial charge in [0.1, 0.15) is 0 Å². The van der Waals surface area contributed by atoms with E-state index in [1.165, 1.54) is 49.9 Å². The van der Waals surface area contributed by atoms with Crippen molar-refractivity contribution in [3.8, 4) is 0 Å². The Balaban J connectivity index is 1.63. The molecule has 0 aliphatic heterocycles. The highest BCUT2D eigenvalue weighted by Crippen LogP contribution is 2.34. The fourth-order valence-corrected chi connectivity index (χ4v) is 2.63. The molecule has 0 radical (unpaired) electrons. The van der Waals surface area contributed by atoms with Crippen LogP contribution in [0.5, 0.6) is 0 Å². The summed E-state index contributed by atoms with van der Waals surface area (Å²) in [5, 5.41) is 0. The van der Waals surface area contributed by atoms with Crippen LogP contribution in [0.3, 0.4) is 0 Å². The first-order valence-corrected chi connectivity index (χ1v) is 7.28.